The number of aliphatic hydroxyl groups excluding tert-OH is 1. The number of carbonyl (C=O) groups excluding carboxylic acids is 2. The predicted octanol–water partition coefficient (Wildman–Crippen LogP) is 13.9. The summed E-state index contributed by atoms with van der Waals surface area (Å²) in [6.45, 7) is 13.6. The molecule has 54 heavy (non-hydrogen) atoms. The van der Waals surface area contributed by atoms with Gasteiger partial charge in [0.1, 0.15) is 0 Å². The van der Waals surface area contributed by atoms with E-state index in [-0.39, 0.29) is 30.4 Å². The molecule has 0 aliphatic rings. The van der Waals surface area contributed by atoms with E-state index >= 15 is 0 Å². The molecule has 0 aliphatic heterocycles. The Balaban J connectivity index is 4.36. The second kappa shape index (κ2) is 43.0. The highest BCUT2D eigenvalue weighted by Gasteiger charge is 2.20. The van der Waals surface area contributed by atoms with Crippen molar-refractivity contribution in [2.45, 2.75) is 246 Å². The Hall–Kier alpha value is -1.14. The number of hydrogen-bond acceptors (Lipinski definition) is 6. The lowest BCUT2D eigenvalue weighted by molar-refractivity contribution is -0.150. The van der Waals surface area contributed by atoms with Gasteiger partial charge in [-0.05, 0) is 83.8 Å². The molecule has 322 valence electrons. The monoisotopic (exact) mass is 766 g/mol. The average molecular weight is 766 g/mol. The first-order valence-corrected chi connectivity index (χ1v) is 24.2. The van der Waals surface area contributed by atoms with Gasteiger partial charge in [0, 0.05) is 6.61 Å². The molecule has 6 nitrogen and oxygen atoms in total. The molecule has 0 rings (SSSR count). The van der Waals surface area contributed by atoms with Crippen LogP contribution in [0.4, 0.5) is 0 Å². The van der Waals surface area contributed by atoms with Gasteiger partial charge in [-0.3, -0.25) is 9.59 Å². The largest absolute Gasteiger partial charge is 0.465 e. The summed E-state index contributed by atoms with van der Waals surface area (Å²) in [5.74, 6) is 0.290. The van der Waals surface area contributed by atoms with Gasteiger partial charge in [-0.1, -0.05) is 182 Å². The van der Waals surface area contributed by atoms with Crippen LogP contribution in [-0.4, -0.2) is 61.4 Å². The maximum absolute atomic E-state index is 13.0. The fourth-order valence-electron chi connectivity index (χ4n) is 7.68. The third-order valence-corrected chi connectivity index (χ3v) is 11.4. The standard InChI is InChI=1S/C48H95NO5/c1-5-9-13-17-19-27-37-45(35-25-15-11-7-3)47(51)53-43-33-23-21-29-39-49(41-31-32-42-50)40-30-22-24-34-44-54-48(52)46(36-26-16-12-8-4)38-28-20-18-14-10-6-2/h45-46,50H,5-44H2,1-4H3/t45-,46-/m0/s1. The summed E-state index contributed by atoms with van der Waals surface area (Å²) in [5.41, 5.74) is 0. The third kappa shape index (κ3) is 35.3. The lowest BCUT2D eigenvalue weighted by Crippen LogP contribution is -2.27. The van der Waals surface area contributed by atoms with Crippen molar-refractivity contribution in [3.63, 3.8) is 0 Å². The second-order valence-electron chi connectivity index (χ2n) is 16.6. The zero-order chi connectivity index (χ0) is 39.6. The third-order valence-electron chi connectivity index (χ3n) is 11.4. The van der Waals surface area contributed by atoms with Crippen LogP contribution < -0.4 is 0 Å². The van der Waals surface area contributed by atoms with Crippen LogP contribution >= 0.6 is 0 Å². The molecule has 0 aromatic carbocycles. The van der Waals surface area contributed by atoms with E-state index in [9.17, 15) is 14.7 Å². The van der Waals surface area contributed by atoms with Crippen molar-refractivity contribution in [1.82, 2.24) is 4.90 Å². The van der Waals surface area contributed by atoms with Crippen LogP contribution in [0.25, 0.3) is 0 Å². The van der Waals surface area contributed by atoms with Gasteiger partial charge >= 0.3 is 11.9 Å². The van der Waals surface area contributed by atoms with Crippen LogP contribution in [0.5, 0.6) is 0 Å². The maximum Gasteiger partial charge on any atom is 0.308 e. The first-order chi connectivity index (χ1) is 26.5. The minimum absolute atomic E-state index is 0.0544. The molecule has 1 N–H and O–H groups in total. The van der Waals surface area contributed by atoms with Crippen molar-refractivity contribution in [1.29, 1.82) is 0 Å². The Morgan fingerprint density at radius 1 is 0.389 bits per heavy atom. The lowest BCUT2D eigenvalue weighted by Gasteiger charge is -2.22. The Kier molecular flexibility index (Phi) is 42.1. The number of unbranched alkanes of at least 4 members (excludes halogenated alkanes) is 23. The molecular weight excluding hydrogens is 671 g/mol. The Morgan fingerprint density at radius 2 is 0.667 bits per heavy atom. The van der Waals surface area contributed by atoms with E-state index in [1.807, 2.05) is 0 Å². The van der Waals surface area contributed by atoms with Crippen LogP contribution in [0.3, 0.4) is 0 Å². The zero-order valence-electron chi connectivity index (χ0n) is 37.0. The molecule has 0 aromatic rings. The summed E-state index contributed by atoms with van der Waals surface area (Å²) in [5, 5.41) is 9.32. The van der Waals surface area contributed by atoms with Gasteiger partial charge in [-0.2, -0.15) is 0 Å². The molecule has 0 aliphatic carbocycles. The van der Waals surface area contributed by atoms with Gasteiger partial charge < -0.3 is 19.5 Å². The van der Waals surface area contributed by atoms with Gasteiger partial charge in [0.15, 0.2) is 0 Å². The van der Waals surface area contributed by atoms with Crippen LogP contribution in [0, 0.1) is 11.8 Å². The Labute approximate surface area is 337 Å². The molecule has 0 fully saturated rings. The minimum Gasteiger partial charge on any atom is -0.465 e. The van der Waals surface area contributed by atoms with E-state index in [4.69, 9.17) is 9.47 Å². The topological polar surface area (TPSA) is 76.1 Å². The van der Waals surface area contributed by atoms with Crippen LogP contribution in [-0.2, 0) is 19.1 Å². The summed E-state index contributed by atoms with van der Waals surface area (Å²) in [7, 11) is 0. The fraction of sp³-hybridized carbons (Fsp3) is 0.958. The summed E-state index contributed by atoms with van der Waals surface area (Å²) in [6.07, 6.45) is 39.6. The molecule has 6 heteroatoms. The number of esters is 2. The van der Waals surface area contributed by atoms with E-state index in [0.29, 0.717) is 13.2 Å². The van der Waals surface area contributed by atoms with E-state index in [0.717, 1.165) is 122 Å². The zero-order valence-corrected chi connectivity index (χ0v) is 37.0. The highest BCUT2D eigenvalue weighted by molar-refractivity contribution is 5.72. The smallest absolute Gasteiger partial charge is 0.308 e. The molecule has 0 amide bonds. The molecule has 0 saturated heterocycles. The van der Waals surface area contributed by atoms with E-state index in [2.05, 4.69) is 32.6 Å². The van der Waals surface area contributed by atoms with E-state index < -0.39 is 0 Å². The quantitative estimate of drug-likeness (QED) is 0.0492. The van der Waals surface area contributed by atoms with Crippen molar-refractivity contribution in [3.05, 3.63) is 0 Å². The molecule has 0 radical (unpaired) electrons. The molecule has 0 aromatic heterocycles. The van der Waals surface area contributed by atoms with Crippen molar-refractivity contribution >= 4 is 11.9 Å². The highest BCUT2D eigenvalue weighted by Crippen LogP contribution is 2.22. The first-order valence-electron chi connectivity index (χ1n) is 24.2. The van der Waals surface area contributed by atoms with Gasteiger partial charge in [-0.15, -0.1) is 0 Å². The fourth-order valence-corrected chi connectivity index (χ4v) is 7.68. The molecule has 0 spiro atoms. The van der Waals surface area contributed by atoms with Gasteiger partial charge in [0.2, 0.25) is 0 Å². The summed E-state index contributed by atoms with van der Waals surface area (Å²) >= 11 is 0. The lowest BCUT2D eigenvalue weighted by atomic mass is 9.94. The Morgan fingerprint density at radius 3 is 1.02 bits per heavy atom. The summed E-state index contributed by atoms with van der Waals surface area (Å²) < 4.78 is 11.6. The van der Waals surface area contributed by atoms with E-state index in [1.54, 1.807) is 0 Å². The summed E-state index contributed by atoms with van der Waals surface area (Å²) in [6, 6.07) is 0. The molecular formula is C48H95NO5. The Bertz CT molecular complexity index is 718. The van der Waals surface area contributed by atoms with E-state index in [1.165, 1.54) is 116 Å². The highest BCUT2D eigenvalue weighted by atomic mass is 16.5. The number of nitrogens with zero attached hydrogens (tertiary/aromatic N) is 1. The van der Waals surface area contributed by atoms with Crippen molar-refractivity contribution in [3.8, 4) is 0 Å². The van der Waals surface area contributed by atoms with Gasteiger partial charge in [-0.25, -0.2) is 0 Å². The minimum atomic E-state index is 0.0544. The number of aliphatic hydroxyl groups is 1. The molecule has 0 saturated carbocycles. The first kappa shape index (κ1) is 52.9. The average Bonchev–Trinajstić information content (AvgIpc) is 3.17. The van der Waals surface area contributed by atoms with Crippen molar-refractivity contribution in [2.24, 2.45) is 11.8 Å². The maximum atomic E-state index is 13.0. The molecule has 0 heterocycles. The summed E-state index contributed by atoms with van der Waals surface area (Å²) in [4.78, 5) is 28.5. The van der Waals surface area contributed by atoms with Gasteiger partial charge in [0.05, 0.1) is 25.0 Å². The van der Waals surface area contributed by atoms with Gasteiger partial charge in [0.25, 0.3) is 0 Å². The van der Waals surface area contributed by atoms with Crippen LogP contribution in [0.2, 0.25) is 0 Å². The SMILES string of the molecule is CCCCCCCC[C@H](CCCCCC)C(=O)OCCCCCCN(CCCCO)CCCCCCOC(=O)[C@@H](CCCCCC)CCCCCCCC. The number of rotatable bonds is 44. The molecule has 0 bridgehead atoms. The van der Waals surface area contributed by atoms with Crippen molar-refractivity contribution < 1.29 is 24.2 Å². The molecule has 0 unspecified atom stereocenters. The van der Waals surface area contributed by atoms with Crippen LogP contribution in [0.15, 0.2) is 0 Å². The second-order valence-corrected chi connectivity index (χ2v) is 16.6. The molecule has 2 atom stereocenters. The number of ether oxygens (including phenoxy) is 2. The number of carbonyl (C=O) groups is 2. The predicted molar refractivity (Wildman–Crippen MR) is 232 cm³/mol. The van der Waals surface area contributed by atoms with Crippen molar-refractivity contribution in [2.75, 3.05) is 39.5 Å². The normalized spacial score (nSPS) is 12.7. The number of hydrogen-bond donors (Lipinski definition) is 1. The van der Waals surface area contributed by atoms with Crippen LogP contribution in [0.1, 0.15) is 246 Å².